The molecule has 0 bridgehead atoms. The van der Waals surface area contributed by atoms with Crippen molar-refractivity contribution in [1.29, 1.82) is 0 Å². The van der Waals surface area contributed by atoms with E-state index in [-0.39, 0.29) is 17.7 Å². The fraction of sp³-hybridized carbons (Fsp3) is 0.400. The molecular formula is C15H17N3O4S. The molecule has 23 heavy (non-hydrogen) atoms. The third-order valence-electron chi connectivity index (χ3n) is 3.81. The summed E-state index contributed by atoms with van der Waals surface area (Å²) in [5, 5.41) is 26.2. The SMILES string of the molecule is O=[N+]([O-])c1cccc(-c2nc(CNCC3(CO)COC3)cs2)c1. The maximum atomic E-state index is 10.8. The molecule has 1 fully saturated rings. The van der Waals surface area contributed by atoms with Crippen LogP contribution in [0.15, 0.2) is 29.6 Å². The molecule has 1 aromatic carbocycles. The van der Waals surface area contributed by atoms with E-state index in [1.54, 1.807) is 6.07 Å². The smallest absolute Gasteiger partial charge is 0.270 e. The van der Waals surface area contributed by atoms with Crippen molar-refractivity contribution in [3.8, 4) is 10.6 Å². The predicted molar refractivity (Wildman–Crippen MR) is 86.2 cm³/mol. The number of nitro groups is 1. The highest BCUT2D eigenvalue weighted by Crippen LogP contribution is 2.28. The Kier molecular flexibility index (Phi) is 4.67. The molecule has 7 nitrogen and oxygen atoms in total. The molecular weight excluding hydrogens is 318 g/mol. The average Bonchev–Trinajstić information content (AvgIpc) is 2.99. The molecule has 1 saturated heterocycles. The van der Waals surface area contributed by atoms with Gasteiger partial charge >= 0.3 is 0 Å². The van der Waals surface area contributed by atoms with Crippen LogP contribution in [0.5, 0.6) is 0 Å². The Morgan fingerprint density at radius 1 is 1.48 bits per heavy atom. The predicted octanol–water partition coefficient (Wildman–Crippen LogP) is 1.82. The molecule has 0 aliphatic carbocycles. The summed E-state index contributed by atoms with van der Waals surface area (Å²) in [6.45, 7) is 2.52. The van der Waals surface area contributed by atoms with Gasteiger partial charge < -0.3 is 15.2 Å². The third kappa shape index (κ3) is 3.56. The molecule has 2 aromatic rings. The standard InChI is InChI=1S/C15H17N3O4S/c19-8-15(9-22-10-15)7-16-5-12-6-23-14(17-12)11-2-1-3-13(4-11)18(20)21/h1-4,6,16,19H,5,7-10H2. The Hall–Kier alpha value is -1.87. The van der Waals surface area contributed by atoms with Crippen LogP contribution in [0.4, 0.5) is 5.69 Å². The van der Waals surface area contributed by atoms with Crippen LogP contribution < -0.4 is 5.32 Å². The Morgan fingerprint density at radius 3 is 2.96 bits per heavy atom. The topological polar surface area (TPSA) is 97.5 Å². The first-order valence-electron chi connectivity index (χ1n) is 7.20. The van der Waals surface area contributed by atoms with Crippen LogP contribution in [0.3, 0.4) is 0 Å². The van der Waals surface area contributed by atoms with E-state index in [1.807, 2.05) is 11.4 Å². The van der Waals surface area contributed by atoms with Gasteiger partial charge in [0.05, 0.1) is 35.9 Å². The van der Waals surface area contributed by atoms with E-state index in [2.05, 4.69) is 10.3 Å². The quantitative estimate of drug-likeness (QED) is 0.592. The number of aromatic nitrogens is 1. The number of nitrogens with one attached hydrogen (secondary N) is 1. The molecule has 122 valence electrons. The molecule has 2 heterocycles. The molecule has 1 aliphatic rings. The van der Waals surface area contributed by atoms with Gasteiger partial charge in [0.2, 0.25) is 0 Å². The van der Waals surface area contributed by atoms with E-state index in [1.165, 1.54) is 23.5 Å². The van der Waals surface area contributed by atoms with Gasteiger partial charge in [0, 0.05) is 36.2 Å². The van der Waals surface area contributed by atoms with Gasteiger partial charge in [-0.15, -0.1) is 11.3 Å². The second kappa shape index (κ2) is 6.71. The van der Waals surface area contributed by atoms with Crippen molar-refractivity contribution in [2.45, 2.75) is 6.54 Å². The number of aliphatic hydroxyl groups is 1. The van der Waals surface area contributed by atoms with E-state index in [0.29, 0.717) is 26.3 Å². The van der Waals surface area contributed by atoms with E-state index in [0.717, 1.165) is 16.3 Å². The number of thiazole rings is 1. The molecule has 1 aromatic heterocycles. The van der Waals surface area contributed by atoms with Crippen molar-refractivity contribution in [3.63, 3.8) is 0 Å². The molecule has 0 spiro atoms. The first-order valence-corrected chi connectivity index (χ1v) is 8.08. The van der Waals surface area contributed by atoms with Gasteiger partial charge in [-0.1, -0.05) is 12.1 Å². The molecule has 8 heteroatoms. The van der Waals surface area contributed by atoms with Crippen LogP contribution in [-0.4, -0.2) is 41.4 Å². The molecule has 0 unspecified atom stereocenters. The van der Waals surface area contributed by atoms with Crippen LogP contribution >= 0.6 is 11.3 Å². The molecule has 2 N–H and O–H groups in total. The molecule has 3 rings (SSSR count). The highest BCUT2D eigenvalue weighted by molar-refractivity contribution is 7.13. The van der Waals surface area contributed by atoms with Gasteiger partial charge in [-0.3, -0.25) is 10.1 Å². The summed E-state index contributed by atoms with van der Waals surface area (Å²) in [4.78, 5) is 14.9. The maximum absolute atomic E-state index is 10.8. The Balaban J connectivity index is 1.62. The summed E-state index contributed by atoms with van der Waals surface area (Å²) in [6.07, 6.45) is 0. The lowest BCUT2D eigenvalue weighted by atomic mass is 9.87. The summed E-state index contributed by atoms with van der Waals surface area (Å²) in [5.41, 5.74) is 1.52. The first kappa shape index (κ1) is 16.0. The van der Waals surface area contributed by atoms with E-state index in [4.69, 9.17) is 4.74 Å². The monoisotopic (exact) mass is 335 g/mol. The largest absolute Gasteiger partial charge is 0.396 e. The van der Waals surface area contributed by atoms with Crippen molar-refractivity contribution in [2.24, 2.45) is 5.41 Å². The molecule has 0 radical (unpaired) electrons. The van der Waals surface area contributed by atoms with Crippen LogP contribution in [0.1, 0.15) is 5.69 Å². The van der Waals surface area contributed by atoms with Gasteiger partial charge in [-0.25, -0.2) is 4.98 Å². The maximum Gasteiger partial charge on any atom is 0.270 e. The minimum atomic E-state index is -0.408. The molecule has 0 amide bonds. The second-order valence-corrected chi connectivity index (χ2v) is 6.56. The zero-order chi connectivity index (χ0) is 16.3. The van der Waals surface area contributed by atoms with Crippen molar-refractivity contribution >= 4 is 17.0 Å². The number of hydrogen-bond acceptors (Lipinski definition) is 7. The first-order chi connectivity index (χ1) is 11.1. The van der Waals surface area contributed by atoms with Crippen LogP contribution in [0.2, 0.25) is 0 Å². The highest BCUT2D eigenvalue weighted by atomic mass is 32.1. The Bertz CT molecular complexity index is 694. The number of nitrogens with zero attached hydrogens (tertiary/aromatic N) is 2. The number of hydrogen-bond donors (Lipinski definition) is 2. The fourth-order valence-corrected chi connectivity index (χ4v) is 3.19. The second-order valence-electron chi connectivity index (χ2n) is 5.71. The summed E-state index contributed by atoms with van der Waals surface area (Å²) in [7, 11) is 0. The number of non-ortho nitro benzene ring substituents is 1. The Morgan fingerprint density at radius 2 is 2.30 bits per heavy atom. The van der Waals surface area contributed by atoms with E-state index >= 15 is 0 Å². The van der Waals surface area contributed by atoms with Crippen molar-refractivity contribution in [2.75, 3.05) is 26.4 Å². The zero-order valence-electron chi connectivity index (χ0n) is 12.4. The minimum Gasteiger partial charge on any atom is -0.396 e. The van der Waals surface area contributed by atoms with Gasteiger partial charge in [-0.05, 0) is 0 Å². The normalized spacial score (nSPS) is 16.0. The van der Waals surface area contributed by atoms with Gasteiger partial charge in [0.25, 0.3) is 5.69 Å². The molecule has 0 atom stereocenters. The van der Waals surface area contributed by atoms with Crippen LogP contribution in [0.25, 0.3) is 10.6 Å². The number of benzene rings is 1. The number of aliphatic hydroxyl groups excluding tert-OH is 1. The fourth-order valence-electron chi connectivity index (χ4n) is 2.37. The third-order valence-corrected chi connectivity index (χ3v) is 4.75. The van der Waals surface area contributed by atoms with Crippen molar-refractivity contribution < 1.29 is 14.8 Å². The molecule has 0 saturated carbocycles. The summed E-state index contributed by atoms with van der Waals surface area (Å²) >= 11 is 1.46. The summed E-state index contributed by atoms with van der Waals surface area (Å²) in [6, 6.07) is 6.47. The number of rotatable bonds is 7. The average molecular weight is 335 g/mol. The lowest BCUT2D eigenvalue weighted by molar-refractivity contribution is -0.384. The van der Waals surface area contributed by atoms with Gasteiger partial charge in [0.1, 0.15) is 5.01 Å². The van der Waals surface area contributed by atoms with Crippen molar-refractivity contribution in [1.82, 2.24) is 10.3 Å². The highest BCUT2D eigenvalue weighted by Gasteiger charge is 2.37. The van der Waals surface area contributed by atoms with E-state index in [9.17, 15) is 15.2 Å². The minimum absolute atomic E-state index is 0.0623. The summed E-state index contributed by atoms with van der Waals surface area (Å²) < 4.78 is 5.16. The van der Waals surface area contributed by atoms with Crippen LogP contribution in [-0.2, 0) is 11.3 Å². The number of ether oxygens (including phenoxy) is 1. The molecule has 1 aliphatic heterocycles. The Labute approximate surface area is 137 Å². The van der Waals surface area contributed by atoms with Gasteiger partial charge in [-0.2, -0.15) is 0 Å². The zero-order valence-corrected chi connectivity index (χ0v) is 13.2. The van der Waals surface area contributed by atoms with Crippen LogP contribution in [0, 0.1) is 15.5 Å². The van der Waals surface area contributed by atoms with E-state index < -0.39 is 4.92 Å². The number of nitro benzene ring substituents is 1. The summed E-state index contributed by atoms with van der Waals surface area (Å²) in [5.74, 6) is 0. The van der Waals surface area contributed by atoms with Gasteiger partial charge in [0.15, 0.2) is 0 Å². The van der Waals surface area contributed by atoms with Crippen molar-refractivity contribution in [3.05, 3.63) is 45.5 Å². The lowest BCUT2D eigenvalue weighted by Crippen LogP contribution is -2.52. The lowest BCUT2D eigenvalue weighted by Gasteiger charge is -2.39.